The highest BCUT2D eigenvalue weighted by Crippen LogP contribution is 2.40. The van der Waals surface area contributed by atoms with Gasteiger partial charge in [0.15, 0.2) is 5.65 Å². The Morgan fingerprint density at radius 3 is 2.34 bits per heavy atom. The number of imidazole rings is 1. The van der Waals surface area contributed by atoms with Gasteiger partial charge in [-0.25, -0.2) is 14.8 Å². The fourth-order valence-corrected chi connectivity index (χ4v) is 4.05. The summed E-state index contributed by atoms with van der Waals surface area (Å²) in [5.41, 5.74) is 1.32. The van der Waals surface area contributed by atoms with Crippen molar-refractivity contribution in [3.8, 4) is 0 Å². The molecule has 12 nitrogen and oxygen atoms in total. The Morgan fingerprint density at radius 1 is 1.22 bits per heavy atom. The van der Waals surface area contributed by atoms with Crippen LogP contribution in [0.3, 0.4) is 0 Å². The summed E-state index contributed by atoms with van der Waals surface area (Å²) in [6.45, 7) is 8.37. The summed E-state index contributed by atoms with van der Waals surface area (Å²) in [4.78, 5) is 40.3. The molecule has 2 aromatic rings. The third kappa shape index (κ3) is 5.51. The number of pyridine rings is 1. The Hall–Kier alpha value is -3.25. The normalized spacial score (nSPS) is 21.2. The summed E-state index contributed by atoms with van der Waals surface area (Å²) < 4.78 is 2.01. The van der Waals surface area contributed by atoms with Crippen LogP contribution in [0.1, 0.15) is 31.1 Å². The Labute approximate surface area is 184 Å². The molecule has 0 saturated carbocycles. The van der Waals surface area contributed by atoms with E-state index in [-0.39, 0.29) is 17.6 Å². The number of aliphatic carboxylic acids is 2. The number of carboxylic acids is 3. The molecule has 2 unspecified atom stereocenters. The van der Waals surface area contributed by atoms with Gasteiger partial charge >= 0.3 is 5.97 Å². The molecule has 32 heavy (non-hydrogen) atoms. The van der Waals surface area contributed by atoms with Crippen LogP contribution in [0, 0.1) is 11.3 Å². The van der Waals surface area contributed by atoms with E-state index in [1.54, 1.807) is 6.07 Å². The maximum atomic E-state index is 11.2. The second-order valence-electron chi connectivity index (χ2n) is 7.79. The van der Waals surface area contributed by atoms with Gasteiger partial charge in [-0.3, -0.25) is 14.2 Å². The van der Waals surface area contributed by atoms with E-state index in [9.17, 15) is 9.90 Å². The lowest BCUT2D eigenvalue weighted by Crippen LogP contribution is -2.36. The summed E-state index contributed by atoms with van der Waals surface area (Å²) in [5.74, 6) is -1.46. The van der Waals surface area contributed by atoms with E-state index in [0.717, 1.165) is 46.0 Å². The summed E-state index contributed by atoms with van der Waals surface area (Å²) in [5, 5.41) is 37.2. The number of aromatic nitrogens is 3. The number of aliphatic hydroxyl groups excluding tert-OH is 1. The van der Waals surface area contributed by atoms with Crippen LogP contribution in [0.2, 0.25) is 0 Å². The second kappa shape index (κ2) is 10.4. The van der Waals surface area contributed by atoms with Gasteiger partial charge in [0.1, 0.15) is 5.52 Å². The van der Waals surface area contributed by atoms with Gasteiger partial charge in [-0.15, -0.1) is 0 Å². The molecule has 2 aliphatic rings. The molecule has 0 amide bonds. The van der Waals surface area contributed by atoms with Crippen molar-refractivity contribution < 1.29 is 34.8 Å². The van der Waals surface area contributed by atoms with E-state index in [2.05, 4.69) is 20.2 Å². The minimum atomic E-state index is -1.00. The van der Waals surface area contributed by atoms with Crippen molar-refractivity contribution in [2.75, 3.05) is 37.7 Å². The number of carbonyl (C=O) groups is 3. The van der Waals surface area contributed by atoms with Gasteiger partial charge in [0, 0.05) is 58.2 Å². The summed E-state index contributed by atoms with van der Waals surface area (Å²) in [6.07, 6.45) is 1.38. The molecule has 0 aliphatic carbocycles. The fraction of sp³-hybridized carbons (Fsp3) is 0.550. The third-order valence-corrected chi connectivity index (χ3v) is 5.41. The molecule has 4 heterocycles. The Bertz CT molecular complexity index is 972. The number of rotatable bonds is 4. The topological polar surface area (TPSA) is 178 Å². The molecule has 2 atom stereocenters. The molecule has 0 radical (unpaired) electrons. The van der Waals surface area contributed by atoms with Gasteiger partial charge in [-0.1, -0.05) is 0 Å². The number of nitrogens with zero attached hydrogens (tertiary/aromatic N) is 4. The van der Waals surface area contributed by atoms with Crippen LogP contribution in [0.5, 0.6) is 0 Å². The number of hydrogen-bond acceptors (Lipinski definition) is 8. The minimum Gasteiger partial charge on any atom is -0.481 e. The molecule has 2 fully saturated rings. The predicted octanol–water partition coefficient (Wildman–Crippen LogP) is 0.349. The number of fused-ring (bicyclic) bond motifs is 2. The first-order valence-corrected chi connectivity index (χ1v) is 10.1. The highest BCUT2D eigenvalue weighted by molar-refractivity contribution is 5.91. The predicted molar refractivity (Wildman–Crippen MR) is 115 cm³/mol. The summed E-state index contributed by atoms with van der Waals surface area (Å²) in [6, 6.07) is 1.57. The highest BCUT2D eigenvalue weighted by atomic mass is 16.4. The number of aryl methyl sites for hydroxylation is 1. The van der Waals surface area contributed by atoms with Crippen LogP contribution in [0.15, 0.2) is 12.3 Å². The van der Waals surface area contributed by atoms with Crippen molar-refractivity contribution in [2.45, 2.75) is 27.3 Å². The lowest BCUT2D eigenvalue weighted by atomic mass is 9.82. The van der Waals surface area contributed by atoms with E-state index in [0.29, 0.717) is 23.6 Å². The first-order chi connectivity index (χ1) is 15.0. The zero-order chi connectivity index (χ0) is 24.1. The molecule has 2 aliphatic heterocycles. The number of aromatic carboxylic acids is 1. The molecule has 0 bridgehead atoms. The monoisotopic (exact) mass is 451 g/mol. The third-order valence-electron chi connectivity index (χ3n) is 5.41. The number of anilines is 1. The van der Waals surface area contributed by atoms with Gasteiger partial charge < -0.3 is 30.6 Å². The van der Waals surface area contributed by atoms with Crippen molar-refractivity contribution in [2.24, 2.45) is 11.3 Å². The number of nitrogens with one attached hydrogen (secondary N) is 1. The van der Waals surface area contributed by atoms with Crippen LogP contribution < -0.4 is 10.2 Å². The molecular formula is C20H29N5O7. The van der Waals surface area contributed by atoms with Crippen LogP contribution in [0.25, 0.3) is 11.2 Å². The van der Waals surface area contributed by atoms with Crippen LogP contribution >= 0.6 is 0 Å². The van der Waals surface area contributed by atoms with Gasteiger partial charge in [0.25, 0.3) is 11.9 Å². The quantitative estimate of drug-likeness (QED) is 0.433. The van der Waals surface area contributed by atoms with Gasteiger partial charge in [0.05, 0.1) is 12.2 Å². The molecular weight excluding hydrogens is 422 g/mol. The molecule has 0 aromatic carbocycles. The van der Waals surface area contributed by atoms with E-state index in [1.165, 1.54) is 6.20 Å². The largest absolute Gasteiger partial charge is 0.481 e. The zero-order valence-electron chi connectivity index (χ0n) is 18.3. The molecule has 2 saturated heterocycles. The average molecular weight is 451 g/mol. The average Bonchev–Trinajstić information content (AvgIpc) is 3.36. The highest BCUT2D eigenvalue weighted by Gasteiger charge is 2.50. The lowest BCUT2D eigenvalue weighted by molar-refractivity contribution is -0.135. The van der Waals surface area contributed by atoms with Gasteiger partial charge in [0.2, 0.25) is 5.95 Å². The van der Waals surface area contributed by atoms with E-state index < -0.39 is 17.9 Å². The van der Waals surface area contributed by atoms with Crippen molar-refractivity contribution in [1.82, 2.24) is 19.9 Å². The zero-order valence-corrected chi connectivity index (χ0v) is 18.3. The van der Waals surface area contributed by atoms with Crippen molar-refractivity contribution in [3.63, 3.8) is 0 Å². The SMILES string of the molecule is CC(=O)O.CC(=O)O.CCn1c(N2CC3CNCC3(CO)C2)nc2cc(C(=O)O)cnc21. The standard InChI is InChI=1S/C16H21N5O3.2C2H4O2/c1-2-21-13-12(3-10(4-18-13)14(23)24)19-15(21)20-6-11-5-17-7-16(11,8-20)9-22;2*1-2(3)4/h3-4,11,17,22H,2,5-9H2,1H3,(H,23,24);2*1H3,(H,3,4). The fourth-order valence-electron chi connectivity index (χ4n) is 4.05. The van der Waals surface area contributed by atoms with Crippen LogP contribution in [-0.2, 0) is 16.1 Å². The number of carboxylic acid groups (broad SMARTS) is 3. The van der Waals surface area contributed by atoms with Crippen molar-refractivity contribution in [1.29, 1.82) is 0 Å². The van der Waals surface area contributed by atoms with E-state index in [4.69, 9.17) is 24.9 Å². The van der Waals surface area contributed by atoms with Crippen LogP contribution in [-0.4, -0.2) is 85.7 Å². The number of aliphatic hydroxyl groups is 1. The second-order valence-corrected chi connectivity index (χ2v) is 7.79. The maximum Gasteiger partial charge on any atom is 0.337 e. The van der Waals surface area contributed by atoms with Crippen LogP contribution in [0.4, 0.5) is 5.95 Å². The molecule has 176 valence electrons. The minimum absolute atomic E-state index is 0.115. The summed E-state index contributed by atoms with van der Waals surface area (Å²) >= 11 is 0. The maximum absolute atomic E-state index is 11.2. The summed E-state index contributed by atoms with van der Waals surface area (Å²) in [7, 11) is 0. The van der Waals surface area contributed by atoms with Crippen molar-refractivity contribution >= 4 is 35.0 Å². The molecule has 0 spiro atoms. The van der Waals surface area contributed by atoms with E-state index >= 15 is 0 Å². The molecule has 12 heteroatoms. The molecule has 4 rings (SSSR count). The first kappa shape index (κ1) is 25.0. The van der Waals surface area contributed by atoms with Gasteiger partial charge in [-0.2, -0.15) is 0 Å². The first-order valence-electron chi connectivity index (χ1n) is 10.1. The smallest absolute Gasteiger partial charge is 0.337 e. The Kier molecular flexibility index (Phi) is 8.11. The number of hydrogen-bond donors (Lipinski definition) is 5. The molecule has 5 N–H and O–H groups in total. The van der Waals surface area contributed by atoms with E-state index in [1.807, 2.05) is 11.5 Å². The van der Waals surface area contributed by atoms with Crippen molar-refractivity contribution in [3.05, 3.63) is 17.8 Å². The van der Waals surface area contributed by atoms with Gasteiger partial charge in [-0.05, 0) is 18.9 Å². The Morgan fingerprint density at radius 2 is 1.84 bits per heavy atom. The lowest BCUT2D eigenvalue weighted by Gasteiger charge is -2.25. The molecule has 2 aromatic heterocycles. The Balaban J connectivity index is 0.000000395.